The maximum Gasteiger partial charge on any atom is 0.325 e. The van der Waals surface area contributed by atoms with Gasteiger partial charge in [0.05, 0.1) is 12.1 Å². The van der Waals surface area contributed by atoms with E-state index in [-0.39, 0.29) is 43.8 Å². The first-order valence-electron chi connectivity index (χ1n) is 11.6. The van der Waals surface area contributed by atoms with Gasteiger partial charge in [-0.1, -0.05) is 19.1 Å². The van der Waals surface area contributed by atoms with Crippen LogP contribution in [0.2, 0.25) is 0 Å². The van der Waals surface area contributed by atoms with E-state index in [9.17, 15) is 23.2 Å². The van der Waals surface area contributed by atoms with Gasteiger partial charge < -0.3 is 19.7 Å². The van der Waals surface area contributed by atoms with Gasteiger partial charge in [0, 0.05) is 13.1 Å². The second-order valence-corrected chi connectivity index (χ2v) is 9.00. The Morgan fingerprint density at radius 2 is 1.86 bits per heavy atom. The van der Waals surface area contributed by atoms with Crippen molar-refractivity contribution in [1.82, 2.24) is 15.1 Å². The summed E-state index contributed by atoms with van der Waals surface area (Å²) in [6.45, 7) is 2.62. The third-order valence-electron chi connectivity index (χ3n) is 7.20. The van der Waals surface area contributed by atoms with Crippen LogP contribution in [0.15, 0.2) is 36.4 Å². The number of rotatable bonds is 5. The van der Waals surface area contributed by atoms with Crippen molar-refractivity contribution in [2.45, 2.75) is 38.3 Å². The number of amides is 4. The Kier molecular flexibility index (Phi) is 5.82. The van der Waals surface area contributed by atoms with Crippen LogP contribution >= 0.6 is 0 Å². The molecular formula is C25H25F2N3O5. The van der Waals surface area contributed by atoms with Crippen LogP contribution < -0.4 is 14.8 Å². The lowest BCUT2D eigenvalue weighted by Gasteiger charge is -2.40. The molecule has 2 aromatic carbocycles. The molecule has 0 bridgehead atoms. The molecule has 0 saturated carbocycles. The van der Waals surface area contributed by atoms with E-state index in [0.29, 0.717) is 30.8 Å². The predicted molar refractivity (Wildman–Crippen MR) is 120 cm³/mol. The number of benzene rings is 2. The lowest BCUT2D eigenvalue weighted by Crippen LogP contribution is -2.56. The first-order chi connectivity index (χ1) is 16.8. The van der Waals surface area contributed by atoms with Crippen molar-refractivity contribution in [3.63, 3.8) is 0 Å². The van der Waals surface area contributed by atoms with Gasteiger partial charge in [0.1, 0.15) is 5.54 Å². The van der Waals surface area contributed by atoms with E-state index in [1.807, 2.05) is 6.92 Å². The van der Waals surface area contributed by atoms with E-state index in [1.54, 1.807) is 18.2 Å². The molecule has 0 aromatic heterocycles. The number of halogens is 2. The standard InChI is InChI=1S/C25H25F2N3O5/c1-2-25(16-8-10-29(11-9-16)22(31)17-4-3-5-18(26)21(17)27)23(32)30(24(33)28-25)13-15-6-7-19-20(12-15)35-14-34-19/h3-7,12,16H,2,8-11,13-14H2,1H3,(H,28,33)/t25-/m0/s1. The summed E-state index contributed by atoms with van der Waals surface area (Å²) in [5, 5.41) is 2.92. The van der Waals surface area contributed by atoms with Crippen molar-refractivity contribution >= 4 is 17.8 Å². The number of fused-ring (bicyclic) bond motifs is 1. The molecule has 1 N–H and O–H groups in total. The summed E-state index contributed by atoms with van der Waals surface area (Å²) in [6, 6.07) is 8.35. The summed E-state index contributed by atoms with van der Waals surface area (Å²) in [5.74, 6) is -2.14. The summed E-state index contributed by atoms with van der Waals surface area (Å²) in [6.07, 6.45) is 1.28. The van der Waals surface area contributed by atoms with Crippen LogP contribution in [0.4, 0.5) is 13.6 Å². The van der Waals surface area contributed by atoms with Gasteiger partial charge in [-0.25, -0.2) is 13.6 Å². The molecule has 0 spiro atoms. The quantitative estimate of drug-likeness (QED) is 0.656. The average Bonchev–Trinajstić information content (AvgIpc) is 3.43. The number of hydrogen-bond acceptors (Lipinski definition) is 5. The molecule has 0 aliphatic carbocycles. The van der Waals surface area contributed by atoms with Crippen LogP contribution in [-0.4, -0.2) is 53.1 Å². The maximum absolute atomic E-state index is 14.1. The Labute approximate surface area is 200 Å². The molecule has 1 atom stereocenters. The molecule has 2 saturated heterocycles. The van der Waals surface area contributed by atoms with Crippen molar-refractivity contribution in [2.24, 2.45) is 5.92 Å². The summed E-state index contributed by atoms with van der Waals surface area (Å²) >= 11 is 0. The zero-order chi connectivity index (χ0) is 24.7. The molecule has 5 rings (SSSR count). The number of nitrogens with one attached hydrogen (secondary N) is 1. The minimum absolute atomic E-state index is 0.0965. The highest BCUT2D eigenvalue weighted by atomic mass is 19.2. The molecule has 35 heavy (non-hydrogen) atoms. The van der Waals surface area contributed by atoms with Gasteiger partial charge in [-0.3, -0.25) is 14.5 Å². The van der Waals surface area contributed by atoms with E-state index in [0.717, 1.165) is 11.6 Å². The van der Waals surface area contributed by atoms with Crippen molar-refractivity contribution < 1.29 is 32.6 Å². The molecule has 3 aliphatic rings. The number of piperidine rings is 1. The predicted octanol–water partition coefficient (Wildman–Crippen LogP) is 3.45. The van der Waals surface area contributed by atoms with Gasteiger partial charge in [-0.15, -0.1) is 0 Å². The summed E-state index contributed by atoms with van der Waals surface area (Å²) in [4.78, 5) is 41.8. The van der Waals surface area contributed by atoms with Gasteiger partial charge in [0.2, 0.25) is 6.79 Å². The van der Waals surface area contributed by atoms with Crippen LogP contribution in [0.3, 0.4) is 0 Å². The van der Waals surface area contributed by atoms with Gasteiger partial charge >= 0.3 is 6.03 Å². The zero-order valence-corrected chi connectivity index (χ0v) is 19.2. The van der Waals surface area contributed by atoms with Gasteiger partial charge in [0.15, 0.2) is 23.1 Å². The van der Waals surface area contributed by atoms with Gasteiger partial charge in [0.25, 0.3) is 11.8 Å². The number of ether oxygens (including phenoxy) is 2. The Bertz CT molecular complexity index is 1200. The number of hydrogen-bond donors (Lipinski definition) is 1. The molecule has 3 aliphatic heterocycles. The third kappa shape index (κ3) is 3.86. The molecule has 3 heterocycles. The maximum atomic E-state index is 14.1. The van der Waals surface area contributed by atoms with Crippen LogP contribution in [0, 0.1) is 17.6 Å². The summed E-state index contributed by atoms with van der Waals surface area (Å²) in [7, 11) is 0. The largest absolute Gasteiger partial charge is 0.454 e. The normalized spacial score (nSPS) is 22.0. The van der Waals surface area contributed by atoms with Crippen LogP contribution in [0.25, 0.3) is 0 Å². The Morgan fingerprint density at radius 1 is 1.11 bits per heavy atom. The van der Waals surface area contributed by atoms with E-state index in [1.165, 1.54) is 21.9 Å². The Hall–Kier alpha value is -3.69. The molecule has 2 aromatic rings. The summed E-state index contributed by atoms with van der Waals surface area (Å²) in [5.41, 5.74) is -0.650. The van der Waals surface area contributed by atoms with Gasteiger partial charge in [-0.05, 0) is 55.0 Å². The summed E-state index contributed by atoms with van der Waals surface area (Å²) < 4.78 is 38.4. The first-order valence-corrected chi connectivity index (χ1v) is 11.6. The fourth-order valence-electron chi connectivity index (χ4n) is 5.23. The number of nitrogens with zero attached hydrogens (tertiary/aromatic N) is 2. The lowest BCUT2D eigenvalue weighted by atomic mass is 9.75. The van der Waals surface area contributed by atoms with E-state index in [4.69, 9.17) is 9.47 Å². The van der Waals surface area contributed by atoms with Crippen molar-refractivity contribution in [2.75, 3.05) is 19.9 Å². The number of likely N-dealkylation sites (tertiary alicyclic amines) is 1. The fraction of sp³-hybridized carbons (Fsp3) is 0.400. The highest BCUT2D eigenvalue weighted by Crippen LogP contribution is 2.38. The van der Waals surface area contributed by atoms with E-state index >= 15 is 0 Å². The van der Waals surface area contributed by atoms with Crippen molar-refractivity contribution in [3.8, 4) is 11.5 Å². The SMILES string of the molecule is CC[C@@]1(C2CCN(C(=O)c3cccc(F)c3F)CC2)NC(=O)N(Cc2ccc3c(c2)OCO3)C1=O. The molecule has 4 amide bonds. The highest BCUT2D eigenvalue weighted by molar-refractivity contribution is 6.07. The second-order valence-electron chi connectivity index (χ2n) is 9.00. The molecule has 0 radical (unpaired) electrons. The minimum atomic E-state index is -1.16. The number of urea groups is 1. The first kappa shape index (κ1) is 23.1. The fourth-order valence-corrected chi connectivity index (χ4v) is 5.23. The second kappa shape index (κ2) is 8.83. The van der Waals surface area contributed by atoms with Crippen LogP contribution in [-0.2, 0) is 11.3 Å². The molecule has 0 unspecified atom stereocenters. The molecule has 2 fully saturated rings. The lowest BCUT2D eigenvalue weighted by molar-refractivity contribution is -0.134. The molecular weight excluding hydrogens is 460 g/mol. The van der Waals surface area contributed by atoms with Crippen molar-refractivity contribution in [1.29, 1.82) is 0 Å². The van der Waals surface area contributed by atoms with E-state index in [2.05, 4.69) is 5.32 Å². The average molecular weight is 485 g/mol. The van der Waals surface area contributed by atoms with Crippen LogP contribution in [0.1, 0.15) is 42.1 Å². The minimum Gasteiger partial charge on any atom is -0.454 e. The number of carbonyl (C=O) groups is 3. The smallest absolute Gasteiger partial charge is 0.325 e. The number of imide groups is 1. The molecule has 184 valence electrons. The highest BCUT2D eigenvalue weighted by Gasteiger charge is 2.55. The zero-order valence-electron chi connectivity index (χ0n) is 19.2. The monoisotopic (exact) mass is 485 g/mol. The topological polar surface area (TPSA) is 88.2 Å². The van der Waals surface area contributed by atoms with E-state index < -0.39 is 29.1 Å². The molecule has 10 heteroatoms. The molecule has 8 nitrogen and oxygen atoms in total. The Balaban J connectivity index is 1.28. The third-order valence-corrected chi connectivity index (χ3v) is 7.20. The Morgan fingerprint density at radius 3 is 2.60 bits per heavy atom. The van der Waals surface area contributed by atoms with Crippen LogP contribution in [0.5, 0.6) is 11.5 Å². The van der Waals surface area contributed by atoms with Gasteiger partial charge in [-0.2, -0.15) is 0 Å². The van der Waals surface area contributed by atoms with Crippen molar-refractivity contribution in [3.05, 3.63) is 59.2 Å². The number of carbonyl (C=O) groups excluding carboxylic acids is 3.